The van der Waals surface area contributed by atoms with Gasteiger partial charge in [-0.1, -0.05) is 23.5 Å². The summed E-state index contributed by atoms with van der Waals surface area (Å²) in [6, 6.07) is 14.1. The van der Waals surface area contributed by atoms with Crippen LogP contribution in [0.3, 0.4) is 0 Å². The first kappa shape index (κ1) is 20.6. The van der Waals surface area contributed by atoms with Gasteiger partial charge in [0.15, 0.2) is 5.13 Å². The summed E-state index contributed by atoms with van der Waals surface area (Å²) in [7, 11) is 0. The molecule has 0 radical (unpaired) electrons. The molecule has 30 heavy (non-hydrogen) atoms. The smallest absolute Gasteiger partial charge is 0.230 e. The van der Waals surface area contributed by atoms with Crippen LogP contribution in [0, 0.1) is 19.7 Å². The molecule has 4 rings (SSSR count). The molecule has 0 bridgehead atoms. The lowest BCUT2D eigenvalue weighted by atomic mass is 10.1. The monoisotopic (exact) mass is 440 g/mol. The summed E-state index contributed by atoms with van der Waals surface area (Å²) in [6.07, 6.45) is 1.95. The Bertz CT molecular complexity index is 1120. The van der Waals surface area contributed by atoms with Gasteiger partial charge in [0.05, 0.1) is 23.0 Å². The van der Waals surface area contributed by atoms with Crippen molar-refractivity contribution in [2.24, 2.45) is 0 Å². The van der Waals surface area contributed by atoms with Gasteiger partial charge in [-0.3, -0.25) is 9.69 Å². The van der Waals surface area contributed by atoms with Crippen molar-refractivity contribution in [2.75, 3.05) is 10.7 Å². The van der Waals surface area contributed by atoms with Crippen molar-refractivity contribution >= 4 is 44.4 Å². The van der Waals surface area contributed by atoms with Gasteiger partial charge in [0.2, 0.25) is 5.91 Å². The second kappa shape index (κ2) is 9.02. The number of fused-ring (bicyclic) bond motifs is 1. The van der Waals surface area contributed by atoms with E-state index in [0.717, 1.165) is 26.2 Å². The van der Waals surface area contributed by atoms with E-state index in [1.807, 2.05) is 19.1 Å². The Kier molecular flexibility index (Phi) is 6.20. The third-order valence-corrected chi connectivity index (χ3v) is 6.98. The number of aromatic nitrogens is 1. The minimum Gasteiger partial charge on any atom is -0.467 e. The van der Waals surface area contributed by atoms with E-state index in [4.69, 9.17) is 9.40 Å². The summed E-state index contributed by atoms with van der Waals surface area (Å²) in [4.78, 5) is 20.6. The molecule has 2 heterocycles. The number of aryl methyl sites for hydroxylation is 2. The standard InChI is InChI=1S/C23H21FN2O2S2/c1-15-5-6-16(2)22-21(15)25-23(30-22)26(14-18-4-3-12-28-18)20(27)11-13-29-19-9-7-17(24)8-10-19/h3-10,12H,11,13-14H2,1-2H3. The Labute approximate surface area is 182 Å². The SMILES string of the molecule is Cc1ccc(C)c2sc(N(Cc3ccco3)C(=O)CCSc3ccc(F)cc3)nc12. The third kappa shape index (κ3) is 4.57. The van der Waals surface area contributed by atoms with Gasteiger partial charge in [-0.2, -0.15) is 0 Å². The van der Waals surface area contributed by atoms with E-state index in [9.17, 15) is 9.18 Å². The number of thiazole rings is 1. The minimum atomic E-state index is -0.263. The van der Waals surface area contributed by atoms with Crippen molar-refractivity contribution in [1.29, 1.82) is 0 Å². The molecule has 4 nitrogen and oxygen atoms in total. The lowest BCUT2D eigenvalue weighted by Crippen LogP contribution is -2.30. The zero-order valence-electron chi connectivity index (χ0n) is 16.7. The molecule has 0 aliphatic rings. The van der Waals surface area contributed by atoms with Gasteiger partial charge in [-0.25, -0.2) is 9.37 Å². The minimum absolute atomic E-state index is 0.0182. The number of halogens is 1. The zero-order chi connectivity index (χ0) is 21.1. The lowest BCUT2D eigenvalue weighted by molar-refractivity contribution is -0.118. The molecule has 1 amide bonds. The Morgan fingerprint density at radius 1 is 1.13 bits per heavy atom. The van der Waals surface area contributed by atoms with Crippen LogP contribution in [-0.2, 0) is 11.3 Å². The Hall–Kier alpha value is -2.64. The van der Waals surface area contributed by atoms with E-state index < -0.39 is 0 Å². The van der Waals surface area contributed by atoms with Crippen LogP contribution in [-0.4, -0.2) is 16.6 Å². The summed E-state index contributed by atoms with van der Waals surface area (Å²) in [6.45, 7) is 4.43. The molecule has 0 spiro atoms. The van der Waals surface area contributed by atoms with E-state index in [1.165, 1.54) is 35.2 Å². The van der Waals surface area contributed by atoms with Crippen LogP contribution >= 0.6 is 23.1 Å². The summed E-state index contributed by atoms with van der Waals surface area (Å²) < 4.78 is 19.7. The molecule has 0 atom stereocenters. The van der Waals surface area contributed by atoms with Gasteiger partial charge in [-0.15, -0.1) is 11.8 Å². The predicted octanol–water partition coefficient (Wildman–Crippen LogP) is 6.36. The average molecular weight is 441 g/mol. The highest BCUT2D eigenvalue weighted by atomic mass is 32.2. The highest BCUT2D eigenvalue weighted by Gasteiger charge is 2.22. The topological polar surface area (TPSA) is 46.3 Å². The van der Waals surface area contributed by atoms with Crippen LogP contribution < -0.4 is 4.90 Å². The normalized spacial score (nSPS) is 11.2. The Balaban J connectivity index is 1.55. The van der Waals surface area contributed by atoms with E-state index in [0.29, 0.717) is 29.6 Å². The van der Waals surface area contributed by atoms with Crippen molar-refractivity contribution in [2.45, 2.75) is 31.7 Å². The quantitative estimate of drug-likeness (QED) is 0.314. The van der Waals surface area contributed by atoms with Crippen molar-refractivity contribution in [1.82, 2.24) is 4.98 Å². The van der Waals surface area contributed by atoms with Crippen LogP contribution in [0.15, 0.2) is 64.1 Å². The van der Waals surface area contributed by atoms with Gasteiger partial charge in [0.25, 0.3) is 0 Å². The Morgan fingerprint density at radius 3 is 2.60 bits per heavy atom. The third-order valence-electron chi connectivity index (χ3n) is 4.76. The number of anilines is 1. The first-order chi connectivity index (χ1) is 14.5. The summed E-state index contributed by atoms with van der Waals surface area (Å²) >= 11 is 3.06. The summed E-state index contributed by atoms with van der Waals surface area (Å²) in [5.74, 6) is 1.03. The number of hydrogen-bond donors (Lipinski definition) is 0. The fourth-order valence-corrected chi connectivity index (χ4v) is 5.08. The fourth-order valence-electron chi connectivity index (χ4n) is 3.11. The maximum Gasteiger partial charge on any atom is 0.230 e. The number of hydrogen-bond acceptors (Lipinski definition) is 5. The molecule has 0 N–H and O–H groups in total. The second-order valence-electron chi connectivity index (χ2n) is 6.99. The number of nitrogens with zero attached hydrogens (tertiary/aromatic N) is 2. The molecule has 0 fully saturated rings. The van der Waals surface area contributed by atoms with Gasteiger partial charge in [-0.05, 0) is 61.4 Å². The molecule has 154 valence electrons. The van der Waals surface area contributed by atoms with E-state index >= 15 is 0 Å². The van der Waals surface area contributed by atoms with E-state index in [-0.39, 0.29) is 11.7 Å². The van der Waals surface area contributed by atoms with Crippen molar-refractivity contribution in [3.8, 4) is 0 Å². The van der Waals surface area contributed by atoms with Crippen molar-refractivity contribution in [3.63, 3.8) is 0 Å². The Morgan fingerprint density at radius 2 is 1.90 bits per heavy atom. The van der Waals surface area contributed by atoms with Gasteiger partial charge >= 0.3 is 0 Å². The number of benzene rings is 2. The summed E-state index contributed by atoms with van der Waals surface area (Å²) in [5, 5.41) is 0.676. The van der Waals surface area contributed by atoms with Gasteiger partial charge in [0, 0.05) is 17.1 Å². The number of rotatable bonds is 7. The number of furan rings is 1. The number of amides is 1. The van der Waals surface area contributed by atoms with Crippen molar-refractivity contribution < 1.29 is 13.6 Å². The van der Waals surface area contributed by atoms with Crippen LogP contribution in [0.2, 0.25) is 0 Å². The predicted molar refractivity (Wildman–Crippen MR) is 121 cm³/mol. The van der Waals surface area contributed by atoms with Crippen LogP contribution in [0.25, 0.3) is 10.2 Å². The highest BCUT2D eigenvalue weighted by molar-refractivity contribution is 7.99. The molecular weight excluding hydrogens is 419 g/mol. The molecule has 0 saturated heterocycles. The van der Waals surface area contributed by atoms with E-state index in [1.54, 1.807) is 23.3 Å². The first-order valence-electron chi connectivity index (χ1n) is 9.59. The second-order valence-corrected chi connectivity index (χ2v) is 9.13. The zero-order valence-corrected chi connectivity index (χ0v) is 18.4. The maximum absolute atomic E-state index is 13.1. The van der Waals surface area contributed by atoms with Crippen molar-refractivity contribution in [3.05, 3.63) is 77.5 Å². The first-order valence-corrected chi connectivity index (χ1v) is 11.4. The average Bonchev–Trinajstić information content (AvgIpc) is 3.41. The largest absolute Gasteiger partial charge is 0.467 e. The van der Waals surface area contributed by atoms with Crippen LogP contribution in [0.4, 0.5) is 9.52 Å². The van der Waals surface area contributed by atoms with Crippen LogP contribution in [0.5, 0.6) is 0 Å². The summed E-state index contributed by atoms with van der Waals surface area (Å²) in [5.41, 5.74) is 3.18. The number of thioether (sulfide) groups is 1. The molecule has 0 saturated carbocycles. The maximum atomic E-state index is 13.1. The number of carbonyl (C=O) groups excluding carboxylic acids is 1. The molecule has 2 aromatic carbocycles. The van der Waals surface area contributed by atoms with Gasteiger partial charge in [0.1, 0.15) is 11.6 Å². The number of carbonyl (C=O) groups is 1. The molecule has 7 heteroatoms. The highest BCUT2D eigenvalue weighted by Crippen LogP contribution is 2.34. The molecular formula is C23H21FN2O2S2. The lowest BCUT2D eigenvalue weighted by Gasteiger charge is -2.18. The molecule has 0 aliphatic carbocycles. The fraction of sp³-hybridized carbons (Fsp3) is 0.217. The molecule has 2 aromatic heterocycles. The molecule has 4 aromatic rings. The van der Waals surface area contributed by atoms with Crippen LogP contribution in [0.1, 0.15) is 23.3 Å². The molecule has 0 unspecified atom stereocenters. The van der Waals surface area contributed by atoms with E-state index in [2.05, 4.69) is 19.1 Å². The van der Waals surface area contributed by atoms with Gasteiger partial charge < -0.3 is 4.42 Å². The molecule has 0 aliphatic heterocycles.